The molecule has 0 fully saturated rings. The minimum atomic E-state index is -0.980. The van der Waals surface area contributed by atoms with Crippen LogP contribution in [0.2, 0.25) is 6.04 Å². The summed E-state index contributed by atoms with van der Waals surface area (Å²) in [4.78, 5) is 0. The van der Waals surface area contributed by atoms with Crippen LogP contribution in [0.3, 0.4) is 0 Å². The molecule has 0 radical (unpaired) electrons. The second-order valence-electron chi connectivity index (χ2n) is 1.49. The molecule has 0 amide bonds. The summed E-state index contributed by atoms with van der Waals surface area (Å²) in [6.45, 7) is 3.53. The van der Waals surface area contributed by atoms with E-state index in [0.717, 1.165) is 15.8 Å². The molecule has 1 atom stereocenters. The monoisotopic (exact) mass is 153 g/mol. The Balaban J connectivity index is 0. The summed E-state index contributed by atoms with van der Waals surface area (Å²) < 4.78 is 3.21. The van der Waals surface area contributed by atoms with Gasteiger partial charge >= 0.3 is 38.0 Å². The minimum absolute atomic E-state index is 0. The summed E-state index contributed by atoms with van der Waals surface area (Å²) in [6, 6.07) is 0.947. The molecule has 0 aromatic rings. The molecule has 0 aliphatic carbocycles. The van der Waals surface area contributed by atoms with Crippen LogP contribution in [-0.2, 0) is 0 Å². The Kier molecular flexibility index (Phi) is 10.8. The molecular weight excluding hydrogens is 143 g/mol. The van der Waals surface area contributed by atoms with Crippen molar-refractivity contribution in [2.24, 2.45) is 0 Å². The zero-order valence-corrected chi connectivity index (χ0v) is 7.62. The first-order valence-electron chi connectivity index (χ1n) is 2.26. The van der Waals surface area contributed by atoms with Gasteiger partial charge in [-0.05, 0) is 4.64 Å². The van der Waals surface area contributed by atoms with Crippen LogP contribution < -0.4 is 0 Å². The topological polar surface area (TPSA) is 28.1 Å². The quantitative estimate of drug-likeness (QED) is 0.283. The number of allylic oxidation sites excluding steroid dienone is 1. The van der Waals surface area contributed by atoms with Gasteiger partial charge in [0, 0.05) is 6.04 Å². The van der Waals surface area contributed by atoms with Gasteiger partial charge < -0.3 is 0 Å². The van der Waals surface area contributed by atoms with E-state index in [0.29, 0.717) is 0 Å². The Morgan fingerprint density at radius 1 is 1.88 bits per heavy atom. The molecule has 40 valence electrons. The summed E-state index contributed by atoms with van der Waals surface area (Å²) in [7, 11) is 0.0705. The van der Waals surface area contributed by atoms with Gasteiger partial charge in [0.2, 0.25) is 0 Å². The third kappa shape index (κ3) is 6.59. The second kappa shape index (κ2) is 7.59. The Morgan fingerprint density at radius 2 is 2.38 bits per heavy atom. The average molecular weight is 153 g/mol. The standard InChI is InChI=1S/C3H9N2Si2.Na.H/c1-2-3-7(6)5-4;;/h2,7H,1,3H2,6H3;;/q+1;;. The number of diazo groups is 1. The maximum atomic E-state index is 8.14. The van der Waals surface area contributed by atoms with Crippen molar-refractivity contribution >= 4 is 47.8 Å². The van der Waals surface area contributed by atoms with Gasteiger partial charge in [-0.2, -0.15) is 0 Å². The van der Waals surface area contributed by atoms with E-state index in [9.17, 15) is 0 Å². The molecule has 0 saturated carbocycles. The van der Waals surface area contributed by atoms with Gasteiger partial charge in [-0.25, -0.2) is 0 Å². The van der Waals surface area contributed by atoms with Gasteiger partial charge in [0.25, 0.3) is 0 Å². The van der Waals surface area contributed by atoms with Gasteiger partial charge in [0.05, 0.1) is 0 Å². The summed E-state index contributed by atoms with van der Waals surface area (Å²) in [5.41, 5.74) is 0. The van der Waals surface area contributed by atoms with Crippen LogP contribution in [-0.4, -0.2) is 47.8 Å². The van der Waals surface area contributed by atoms with Crippen molar-refractivity contribution in [2.75, 3.05) is 0 Å². The zero-order valence-electron chi connectivity index (χ0n) is 4.46. The van der Waals surface area contributed by atoms with E-state index in [1.165, 1.54) is 0 Å². The zero-order chi connectivity index (χ0) is 5.70. The summed E-state index contributed by atoms with van der Waals surface area (Å²) >= 11 is 0. The number of rotatable bonds is 2. The molecule has 0 aliphatic rings. The van der Waals surface area contributed by atoms with Crippen LogP contribution >= 0.6 is 0 Å². The fourth-order valence-electron chi connectivity index (χ4n) is 0.288. The number of hydrogen-bond acceptors (Lipinski definition) is 1. The number of nitrogens with zero attached hydrogens (tertiary/aromatic N) is 2. The third-order valence-corrected chi connectivity index (χ3v) is 4.22. The van der Waals surface area contributed by atoms with E-state index in [-0.39, 0.29) is 29.6 Å². The Hall–Kier alpha value is 0.594. The first-order valence-corrected chi connectivity index (χ1v) is 8.21. The SMILES string of the molecule is C=CC[SiH]([SiH3])[N+]#N.[NaH]. The van der Waals surface area contributed by atoms with Crippen molar-refractivity contribution in [1.82, 2.24) is 0 Å². The summed E-state index contributed by atoms with van der Waals surface area (Å²) in [5, 5.41) is 8.14. The molecule has 0 spiro atoms. The van der Waals surface area contributed by atoms with Crippen molar-refractivity contribution in [3.05, 3.63) is 17.3 Å². The van der Waals surface area contributed by atoms with Crippen molar-refractivity contribution in [3.63, 3.8) is 0 Å². The van der Waals surface area contributed by atoms with E-state index in [1.54, 1.807) is 0 Å². The van der Waals surface area contributed by atoms with Crippen LogP contribution in [0.25, 0.3) is 4.64 Å². The normalized spacial score (nSPS) is 10.9. The molecule has 0 aliphatic heterocycles. The second-order valence-corrected chi connectivity index (χ2v) is 7.89. The summed E-state index contributed by atoms with van der Waals surface area (Å²) in [5.74, 6) is 0. The van der Waals surface area contributed by atoms with Crippen molar-refractivity contribution in [1.29, 1.82) is 5.39 Å². The van der Waals surface area contributed by atoms with Gasteiger partial charge in [0.1, 0.15) is 9.76 Å². The van der Waals surface area contributed by atoms with E-state index >= 15 is 0 Å². The molecule has 5 heteroatoms. The van der Waals surface area contributed by atoms with Crippen molar-refractivity contribution in [3.8, 4) is 0 Å². The van der Waals surface area contributed by atoms with Crippen molar-refractivity contribution < 1.29 is 0 Å². The Morgan fingerprint density at radius 3 is 2.50 bits per heavy atom. The summed E-state index contributed by atoms with van der Waals surface area (Å²) in [6.07, 6.45) is 1.82. The van der Waals surface area contributed by atoms with Gasteiger partial charge in [-0.15, -0.1) is 6.58 Å². The molecule has 0 bridgehead atoms. The van der Waals surface area contributed by atoms with Crippen LogP contribution in [0.5, 0.6) is 0 Å². The Labute approximate surface area is 76.2 Å². The molecule has 0 heterocycles. The molecule has 0 rings (SSSR count). The fraction of sp³-hybridized carbons (Fsp3) is 0.333. The molecule has 0 saturated heterocycles. The first-order chi connectivity index (χ1) is 3.31. The molecular formula is C3H10N2NaSi2+. The van der Waals surface area contributed by atoms with E-state index in [2.05, 4.69) is 11.2 Å². The first kappa shape index (κ1) is 11.4. The van der Waals surface area contributed by atoms with Crippen LogP contribution in [0.4, 0.5) is 0 Å². The van der Waals surface area contributed by atoms with E-state index in [4.69, 9.17) is 5.39 Å². The number of hydrogen-bond donors (Lipinski definition) is 0. The molecule has 2 nitrogen and oxygen atoms in total. The maximum absolute atomic E-state index is 8.14. The third-order valence-electron chi connectivity index (χ3n) is 0.705. The Bertz CT molecular complexity index is 99.9. The van der Waals surface area contributed by atoms with Gasteiger partial charge in [-0.1, -0.05) is 6.08 Å². The molecule has 0 N–H and O–H groups in total. The fourth-order valence-corrected chi connectivity index (χ4v) is 1.87. The van der Waals surface area contributed by atoms with Crippen molar-refractivity contribution in [2.45, 2.75) is 6.04 Å². The predicted octanol–water partition coefficient (Wildman–Crippen LogP) is -1.04. The van der Waals surface area contributed by atoms with Crippen LogP contribution in [0, 0.1) is 5.39 Å². The average Bonchev–Trinajstić information content (AvgIpc) is 1.68. The predicted molar refractivity (Wildman–Crippen MR) is 44.3 cm³/mol. The molecule has 1 unspecified atom stereocenters. The van der Waals surface area contributed by atoms with E-state index in [1.807, 2.05) is 6.08 Å². The van der Waals surface area contributed by atoms with Crippen LogP contribution in [0.1, 0.15) is 0 Å². The molecule has 0 aromatic heterocycles. The van der Waals surface area contributed by atoms with Gasteiger partial charge in [0.15, 0.2) is 5.39 Å². The van der Waals surface area contributed by atoms with Gasteiger partial charge in [-0.3, -0.25) is 0 Å². The molecule has 0 aromatic carbocycles. The van der Waals surface area contributed by atoms with E-state index < -0.39 is 8.48 Å². The van der Waals surface area contributed by atoms with Crippen LogP contribution in [0.15, 0.2) is 12.7 Å². The molecule has 8 heavy (non-hydrogen) atoms.